The summed E-state index contributed by atoms with van der Waals surface area (Å²) in [5.41, 5.74) is 0. The zero-order valence-corrected chi connectivity index (χ0v) is 10.4. The van der Waals surface area contributed by atoms with Gasteiger partial charge in [-0.25, -0.2) is 0 Å². The van der Waals surface area contributed by atoms with Gasteiger partial charge in [-0.2, -0.15) is 0 Å². The van der Waals surface area contributed by atoms with Crippen molar-refractivity contribution in [3.8, 4) is 0 Å². The lowest BCUT2D eigenvalue weighted by molar-refractivity contribution is 0.322. The molecule has 0 atom stereocenters. The van der Waals surface area contributed by atoms with Crippen molar-refractivity contribution >= 4 is 0 Å². The Morgan fingerprint density at radius 1 is 1.00 bits per heavy atom. The second-order valence-corrected chi connectivity index (χ2v) is 4.83. The molecule has 1 aliphatic heterocycles. The molecule has 0 radical (unpaired) electrons. The molecule has 0 amide bonds. The Morgan fingerprint density at radius 2 is 1.73 bits per heavy atom. The van der Waals surface area contributed by atoms with Crippen molar-refractivity contribution in [2.24, 2.45) is 5.92 Å². The molecule has 0 aromatic heterocycles. The zero-order valence-electron chi connectivity index (χ0n) is 10.4. The number of rotatable bonds is 10. The van der Waals surface area contributed by atoms with Crippen LogP contribution in [0.3, 0.4) is 0 Å². The highest BCUT2D eigenvalue weighted by Gasteiger charge is 2.14. The van der Waals surface area contributed by atoms with Gasteiger partial charge in [0.2, 0.25) is 0 Å². The average molecular weight is 212 g/mol. The number of hydrogen-bond donors (Lipinski definition) is 2. The second-order valence-electron chi connectivity index (χ2n) is 4.83. The second kappa shape index (κ2) is 9.17. The van der Waals surface area contributed by atoms with Crippen LogP contribution < -0.4 is 10.6 Å². The van der Waals surface area contributed by atoms with Crippen LogP contribution in [0.15, 0.2) is 0 Å². The van der Waals surface area contributed by atoms with Gasteiger partial charge < -0.3 is 10.6 Å². The molecule has 90 valence electrons. The summed E-state index contributed by atoms with van der Waals surface area (Å²) < 4.78 is 0. The molecule has 1 heterocycles. The summed E-state index contributed by atoms with van der Waals surface area (Å²) in [4.78, 5) is 0. The lowest BCUT2D eigenvalue weighted by Gasteiger charge is -2.26. The molecule has 1 saturated heterocycles. The van der Waals surface area contributed by atoms with Crippen molar-refractivity contribution in [2.75, 3.05) is 26.2 Å². The van der Waals surface area contributed by atoms with Crippen LogP contribution in [-0.2, 0) is 0 Å². The van der Waals surface area contributed by atoms with Crippen molar-refractivity contribution in [1.29, 1.82) is 0 Å². The first-order chi connectivity index (χ1) is 7.43. The van der Waals surface area contributed by atoms with Crippen molar-refractivity contribution in [1.82, 2.24) is 10.6 Å². The fourth-order valence-corrected chi connectivity index (χ4v) is 2.01. The highest BCUT2D eigenvalue weighted by atomic mass is 15.0. The standard InChI is InChI=1S/C13H28N2/c1-2-3-4-5-6-7-9-14-10-8-13-11-15-12-13/h13-15H,2-12H2,1H3. The van der Waals surface area contributed by atoms with E-state index in [4.69, 9.17) is 0 Å². The first kappa shape index (κ1) is 13.0. The molecular formula is C13H28N2. The third-order valence-corrected chi connectivity index (χ3v) is 3.30. The van der Waals surface area contributed by atoms with Gasteiger partial charge in [-0.1, -0.05) is 39.0 Å². The molecule has 0 bridgehead atoms. The fourth-order valence-electron chi connectivity index (χ4n) is 2.01. The van der Waals surface area contributed by atoms with Crippen LogP contribution in [0.4, 0.5) is 0 Å². The maximum atomic E-state index is 3.55. The Bertz CT molecular complexity index is 132. The van der Waals surface area contributed by atoms with E-state index in [0.29, 0.717) is 0 Å². The Kier molecular flexibility index (Phi) is 7.94. The van der Waals surface area contributed by atoms with Gasteiger partial charge in [-0.3, -0.25) is 0 Å². The van der Waals surface area contributed by atoms with Gasteiger partial charge in [0.05, 0.1) is 0 Å². The Hall–Kier alpha value is -0.0800. The predicted octanol–water partition coefficient (Wildman–Crippen LogP) is 2.55. The normalized spacial score (nSPS) is 16.6. The van der Waals surface area contributed by atoms with E-state index >= 15 is 0 Å². The van der Waals surface area contributed by atoms with Crippen LogP contribution in [0.25, 0.3) is 0 Å². The molecule has 0 aromatic carbocycles. The fraction of sp³-hybridized carbons (Fsp3) is 1.00. The predicted molar refractivity (Wildman–Crippen MR) is 67.2 cm³/mol. The largest absolute Gasteiger partial charge is 0.317 e. The van der Waals surface area contributed by atoms with Crippen molar-refractivity contribution in [3.63, 3.8) is 0 Å². The molecule has 2 N–H and O–H groups in total. The molecule has 0 aliphatic carbocycles. The van der Waals surface area contributed by atoms with Crippen molar-refractivity contribution in [3.05, 3.63) is 0 Å². The molecule has 0 saturated carbocycles. The molecule has 15 heavy (non-hydrogen) atoms. The SMILES string of the molecule is CCCCCCCCNCCC1CNC1. The van der Waals surface area contributed by atoms with E-state index in [1.807, 2.05) is 0 Å². The summed E-state index contributed by atoms with van der Waals surface area (Å²) in [7, 11) is 0. The summed E-state index contributed by atoms with van der Waals surface area (Å²) in [5.74, 6) is 0.960. The molecular weight excluding hydrogens is 184 g/mol. The maximum Gasteiger partial charge on any atom is -0.000778 e. The summed E-state index contributed by atoms with van der Waals surface area (Å²) in [6.07, 6.45) is 9.79. The summed E-state index contributed by atoms with van der Waals surface area (Å²) in [6, 6.07) is 0. The third kappa shape index (κ3) is 6.91. The van der Waals surface area contributed by atoms with Crippen LogP contribution in [0, 0.1) is 5.92 Å². The van der Waals surface area contributed by atoms with E-state index in [-0.39, 0.29) is 0 Å². The van der Waals surface area contributed by atoms with Gasteiger partial charge >= 0.3 is 0 Å². The van der Waals surface area contributed by atoms with E-state index in [1.54, 1.807) is 0 Å². The first-order valence-electron chi connectivity index (χ1n) is 6.85. The Morgan fingerprint density at radius 3 is 2.40 bits per heavy atom. The third-order valence-electron chi connectivity index (χ3n) is 3.30. The van der Waals surface area contributed by atoms with Gasteiger partial charge in [0, 0.05) is 0 Å². The lowest BCUT2D eigenvalue weighted by Crippen LogP contribution is -2.43. The molecule has 1 rings (SSSR count). The molecule has 0 aromatic rings. The molecule has 2 nitrogen and oxygen atoms in total. The number of unbranched alkanes of at least 4 members (excludes halogenated alkanes) is 5. The Balaban J connectivity index is 1.66. The summed E-state index contributed by atoms with van der Waals surface area (Å²) >= 11 is 0. The topological polar surface area (TPSA) is 24.1 Å². The van der Waals surface area contributed by atoms with Crippen LogP contribution in [-0.4, -0.2) is 26.2 Å². The summed E-state index contributed by atoms with van der Waals surface area (Å²) in [6.45, 7) is 7.22. The minimum absolute atomic E-state index is 0.960. The van der Waals surface area contributed by atoms with Gasteiger partial charge in [-0.15, -0.1) is 0 Å². The van der Waals surface area contributed by atoms with E-state index in [2.05, 4.69) is 17.6 Å². The quantitative estimate of drug-likeness (QED) is 0.544. The zero-order chi connectivity index (χ0) is 10.8. The summed E-state index contributed by atoms with van der Waals surface area (Å²) in [5, 5.41) is 6.86. The molecule has 2 heteroatoms. The van der Waals surface area contributed by atoms with Gasteiger partial charge in [-0.05, 0) is 44.9 Å². The monoisotopic (exact) mass is 212 g/mol. The molecule has 0 spiro atoms. The van der Waals surface area contributed by atoms with Crippen LogP contribution >= 0.6 is 0 Å². The Labute approximate surface area is 95.2 Å². The highest BCUT2D eigenvalue weighted by molar-refractivity contribution is 4.74. The highest BCUT2D eigenvalue weighted by Crippen LogP contribution is 2.07. The maximum absolute atomic E-state index is 3.55. The van der Waals surface area contributed by atoms with E-state index in [1.165, 1.54) is 71.1 Å². The van der Waals surface area contributed by atoms with Crippen molar-refractivity contribution in [2.45, 2.75) is 51.9 Å². The van der Waals surface area contributed by atoms with Gasteiger partial charge in [0.1, 0.15) is 0 Å². The first-order valence-corrected chi connectivity index (χ1v) is 6.85. The van der Waals surface area contributed by atoms with Crippen LogP contribution in [0.2, 0.25) is 0 Å². The van der Waals surface area contributed by atoms with E-state index in [0.717, 1.165) is 5.92 Å². The molecule has 0 unspecified atom stereocenters. The van der Waals surface area contributed by atoms with Crippen LogP contribution in [0.1, 0.15) is 51.9 Å². The van der Waals surface area contributed by atoms with Crippen LogP contribution in [0.5, 0.6) is 0 Å². The number of hydrogen-bond acceptors (Lipinski definition) is 2. The van der Waals surface area contributed by atoms with E-state index in [9.17, 15) is 0 Å². The lowest BCUT2D eigenvalue weighted by atomic mass is 10.00. The smallest absolute Gasteiger partial charge is 0.000778 e. The minimum atomic E-state index is 0.960. The molecule has 1 fully saturated rings. The molecule has 1 aliphatic rings. The van der Waals surface area contributed by atoms with Gasteiger partial charge in [0.25, 0.3) is 0 Å². The van der Waals surface area contributed by atoms with Gasteiger partial charge in [0.15, 0.2) is 0 Å². The number of nitrogens with one attached hydrogen (secondary N) is 2. The average Bonchev–Trinajstić information content (AvgIpc) is 2.18. The van der Waals surface area contributed by atoms with Crippen molar-refractivity contribution < 1.29 is 0 Å². The minimum Gasteiger partial charge on any atom is -0.317 e. The van der Waals surface area contributed by atoms with E-state index < -0.39 is 0 Å².